The van der Waals surface area contributed by atoms with Gasteiger partial charge in [-0.2, -0.15) is 0 Å². The molecule has 0 saturated heterocycles. The number of pyridine rings is 1. The van der Waals surface area contributed by atoms with Gasteiger partial charge in [-0.1, -0.05) is 30.7 Å². The molecule has 1 heterocycles. The van der Waals surface area contributed by atoms with Crippen molar-refractivity contribution >= 4 is 0 Å². The number of hydrogen-bond acceptors (Lipinski definition) is 2. The highest BCUT2D eigenvalue weighted by Gasteiger charge is 2.12. The van der Waals surface area contributed by atoms with E-state index in [0.717, 1.165) is 13.0 Å². The lowest BCUT2D eigenvalue weighted by atomic mass is 9.95. The molecular formula is C17H22N2. The van der Waals surface area contributed by atoms with Crippen molar-refractivity contribution in [2.24, 2.45) is 0 Å². The minimum atomic E-state index is 0.355. The minimum Gasteiger partial charge on any atom is -0.310 e. The molecule has 0 aliphatic carbocycles. The fraction of sp³-hybridized carbons (Fsp3) is 0.353. The van der Waals surface area contributed by atoms with E-state index in [0.29, 0.717) is 6.04 Å². The van der Waals surface area contributed by atoms with Gasteiger partial charge < -0.3 is 5.32 Å². The monoisotopic (exact) mass is 254 g/mol. The molecule has 1 unspecified atom stereocenters. The molecule has 2 nitrogen and oxygen atoms in total. The summed E-state index contributed by atoms with van der Waals surface area (Å²) in [4.78, 5) is 4.10. The maximum atomic E-state index is 4.10. The lowest BCUT2D eigenvalue weighted by molar-refractivity contribution is 0.548. The number of rotatable bonds is 5. The second-order valence-electron chi connectivity index (χ2n) is 5.02. The summed E-state index contributed by atoms with van der Waals surface area (Å²) in [6.07, 6.45) is 4.75. The maximum Gasteiger partial charge on any atom is 0.0361 e. The lowest BCUT2D eigenvalue weighted by Crippen LogP contribution is -2.23. The topological polar surface area (TPSA) is 24.9 Å². The first-order chi connectivity index (χ1) is 9.20. The molecule has 2 rings (SSSR count). The molecular weight excluding hydrogens is 232 g/mol. The van der Waals surface area contributed by atoms with Crippen LogP contribution in [-0.4, -0.2) is 11.5 Å². The molecule has 0 amide bonds. The Morgan fingerprint density at radius 2 is 1.84 bits per heavy atom. The van der Waals surface area contributed by atoms with Gasteiger partial charge in [0.2, 0.25) is 0 Å². The van der Waals surface area contributed by atoms with E-state index < -0.39 is 0 Å². The zero-order valence-corrected chi connectivity index (χ0v) is 12.0. The highest BCUT2D eigenvalue weighted by atomic mass is 14.9. The molecule has 0 fully saturated rings. The van der Waals surface area contributed by atoms with E-state index in [9.17, 15) is 0 Å². The summed E-state index contributed by atoms with van der Waals surface area (Å²) in [6.45, 7) is 7.46. The summed E-state index contributed by atoms with van der Waals surface area (Å²) in [7, 11) is 0. The van der Waals surface area contributed by atoms with E-state index in [-0.39, 0.29) is 0 Å². The zero-order valence-electron chi connectivity index (χ0n) is 12.0. The summed E-state index contributed by atoms with van der Waals surface area (Å²) in [5.41, 5.74) is 5.41. The quantitative estimate of drug-likeness (QED) is 0.882. The summed E-state index contributed by atoms with van der Waals surface area (Å²) in [6, 6.07) is 11.2. The Labute approximate surface area is 115 Å². The van der Waals surface area contributed by atoms with Crippen molar-refractivity contribution in [3.8, 4) is 0 Å². The lowest BCUT2D eigenvalue weighted by Gasteiger charge is -2.19. The largest absolute Gasteiger partial charge is 0.310 e. The van der Waals surface area contributed by atoms with E-state index in [1.54, 1.807) is 0 Å². The van der Waals surface area contributed by atoms with Gasteiger partial charge in [0.05, 0.1) is 0 Å². The Bertz CT molecular complexity index is 520. The van der Waals surface area contributed by atoms with E-state index in [2.05, 4.69) is 61.4 Å². The molecule has 1 aromatic heterocycles. The second-order valence-corrected chi connectivity index (χ2v) is 5.02. The maximum absolute atomic E-state index is 4.10. The van der Waals surface area contributed by atoms with Crippen LogP contribution in [0.25, 0.3) is 0 Å². The van der Waals surface area contributed by atoms with Crippen LogP contribution < -0.4 is 5.32 Å². The standard InChI is InChI=1S/C17H22N2/c1-4-19-17(15-7-9-18-10-8-15)12-16-11-13(2)5-6-14(16)3/h5-11,17,19H,4,12H2,1-3H3. The highest BCUT2D eigenvalue weighted by molar-refractivity contribution is 5.32. The first kappa shape index (κ1) is 13.8. The molecule has 0 aliphatic heterocycles. The molecule has 0 bridgehead atoms. The van der Waals surface area contributed by atoms with Gasteiger partial charge in [0.1, 0.15) is 0 Å². The first-order valence-corrected chi connectivity index (χ1v) is 6.90. The van der Waals surface area contributed by atoms with E-state index in [1.807, 2.05) is 12.4 Å². The molecule has 19 heavy (non-hydrogen) atoms. The Morgan fingerprint density at radius 1 is 1.11 bits per heavy atom. The Kier molecular flexibility index (Phi) is 4.69. The van der Waals surface area contributed by atoms with Gasteiger partial charge in [-0.15, -0.1) is 0 Å². The molecule has 1 atom stereocenters. The molecule has 0 saturated carbocycles. The number of likely N-dealkylation sites (N-methyl/N-ethyl adjacent to an activating group) is 1. The Morgan fingerprint density at radius 3 is 2.53 bits per heavy atom. The Hall–Kier alpha value is -1.67. The van der Waals surface area contributed by atoms with Gasteiger partial charge in [-0.25, -0.2) is 0 Å². The van der Waals surface area contributed by atoms with Crippen LogP contribution >= 0.6 is 0 Å². The number of hydrogen-bond donors (Lipinski definition) is 1. The van der Waals surface area contributed by atoms with Gasteiger partial charge in [-0.3, -0.25) is 4.98 Å². The zero-order chi connectivity index (χ0) is 13.7. The van der Waals surface area contributed by atoms with Crippen molar-refractivity contribution in [3.63, 3.8) is 0 Å². The minimum absolute atomic E-state index is 0.355. The smallest absolute Gasteiger partial charge is 0.0361 e. The number of aromatic nitrogens is 1. The van der Waals surface area contributed by atoms with Crippen molar-refractivity contribution in [2.45, 2.75) is 33.2 Å². The van der Waals surface area contributed by atoms with E-state index in [4.69, 9.17) is 0 Å². The molecule has 2 heteroatoms. The first-order valence-electron chi connectivity index (χ1n) is 6.90. The van der Waals surface area contributed by atoms with E-state index >= 15 is 0 Å². The average molecular weight is 254 g/mol. The Balaban J connectivity index is 2.24. The van der Waals surface area contributed by atoms with Gasteiger partial charge in [0.15, 0.2) is 0 Å². The van der Waals surface area contributed by atoms with Crippen molar-refractivity contribution in [1.82, 2.24) is 10.3 Å². The predicted octanol–water partition coefficient (Wildman–Crippen LogP) is 3.59. The molecule has 100 valence electrons. The second kappa shape index (κ2) is 6.48. The summed E-state index contributed by atoms with van der Waals surface area (Å²) in [5.74, 6) is 0. The van der Waals surface area contributed by atoms with Gasteiger partial charge in [-0.05, 0) is 55.6 Å². The van der Waals surface area contributed by atoms with Crippen molar-refractivity contribution < 1.29 is 0 Å². The van der Waals surface area contributed by atoms with Crippen LogP contribution in [0.3, 0.4) is 0 Å². The van der Waals surface area contributed by atoms with Crippen LogP contribution in [0.2, 0.25) is 0 Å². The predicted molar refractivity (Wildman–Crippen MR) is 80.3 cm³/mol. The summed E-state index contributed by atoms with van der Waals surface area (Å²) < 4.78 is 0. The fourth-order valence-electron chi connectivity index (χ4n) is 2.39. The third-order valence-corrected chi connectivity index (χ3v) is 3.49. The molecule has 1 N–H and O–H groups in total. The van der Waals surface area contributed by atoms with Gasteiger partial charge in [0.25, 0.3) is 0 Å². The normalized spacial score (nSPS) is 12.4. The molecule has 2 aromatic rings. The SMILES string of the molecule is CCNC(Cc1cc(C)ccc1C)c1ccncc1. The third kappa shape index (κ3) is 3.65. The average Bonchev–Trinajstić information content (AvgIpc) is 2.43. The van der Waals surface area contributed by atoms with Gasteiger partial charge in [0, 0.05) is 18.4 Å². The number of aryl methyl sites for hydroxylation is 2. The highest BCUT2D eigenvalue weighted by Crippen LogP contribution is 2.21. The molecule has 0 aliphatic rings. The number of nitrogens with one attached hydrogen (secondary N) is 1. The van der Waals surface area contributed by atoms with Crippen LogP contribution in [0.5, 0.6) is 0 Å². The third-order valence-electron chi connectivity index (χ3n) is 3.49. The number of nitrogens with zero attached hydrogens (tertiary/aromatic N) is 1. The summed E-state index contributed by atoms with van der Waals surface area (Å²) in [5, 5.41) is 3.57. The van der Waals surface area contributed by atoms with Crippen LogP contribution in [-0.2, 0) is 6.42 Å². The van der Waals surface area contributed by atoms with E-state index in [1.165, 1.54) is 22.3 Å². The van der Waals surface area contributed by atoms with Crippen LogP contribution in [0.4, 0.5) is 0 Å². The summed E-state index contributed by atoms with van der Waals surface area (Å²) >= 11 is 0. The molecule has 0 radical (unpaired) electrons. The molecule has 0 spiro atoms. The van der Waals surface area contributed by atoms with Crippen molar-refractivity contribution in [1.29, 1.82) is 0 Å². The molecule has 1 aromatic carbocycles. The van der Waals surface area contributed by atoms with Crippen LogP contribution in [0.15, 0.2) is 42.7 Å². The van der Waals surface area contributed by atoms with Gasteiger partial charge >= 0.3 is 0 Å². The number of benzene rings is 1. The van der Waals surface area contributed by atoms with Crippen molar-refractivity contribution in [2.75, 3.05) is 6.54 Å². The van der Waals surface area contributed by atoms with Crippen LogP contribution in [0, 0.1) is 13.8 Å². The fourth-order valence-corrected chi connectivity index (χ4v) is 2.39. The van der Waals surface area contributed by atoms with Crippen LogP contribution in [0.1, 0.15) is 35.2 Å². The van der Waals surface area contributed by atoms with Crippen molar-refractivity contribution in [3.05, 3.63) is 65.0 Å².